The Kier molecular flexibility index (Phi) is 2.87. The van der Waals surface area contributed by atoms with Crippen molar-refractivity contribution in [3.63, 3.8) is 0 Å². The van der Waals surface area contributed by atoms with Crippen LogP contribution in [0.4, 0.5) is 0 Å². The minimum atomic E-state index is -0.918. The van der Waals surface area contributed by atoms with Gasteiger partial charge in [-0.2, -0.15) is 0 Å². The largest absolute Gasteiger partial charge is 0.481 e. The third-order valence-electron chi connectivity index (χ3n) is 2.43. The molecule has 74 valence electrons. The number of amides is 1. The van der Waals surface area contributed by atoms with E-state index in [9.17, 15) is 9.59 Å². The van der Waals surface area contributed by atoms with Crippen molar-refractivity contribution in [2.45, 2.75) is 19.4 Å². The Morgan fingerprint density at radius 2 is 2.15 bits per heavy atom. The zero-order valence-electron chi connectivity index (χ0n) is 7.56. The molecule has 0 aromatic carbocycles. The quantitative estimate of drug-likeness (QED) is 0.565. The first-order valence-electron chi connectivity index (χ1n) is 4.26. The van der Waals surface area contributed by atoms with Gasteiger partial charge in [-0.15, -0.1) is 0 Å². The number of carbonyl (C=O) groups is 2. The summed E-state index contributed by atoms with van der Waals surface area (Å²) in [6.07, 6.45) is 0.566. The molecular weight excluding hydrogens is 172 g/mol. The van der Waals surface area contributed by atoms with Gasteiger partial charge in [0.05, 0.1) is 5.92 Å². The molecule has 1 aliphatic heterocycles. The third-order valence-corrected chi connectivity index (χ3v) is 2.43. The first-order valence-corrected chi connectivity index (χ1v) is 4.26. The van der Waals surface area contributed by atoms with Crippen LogP contribution in [0.3, 0.4) is 0 Å². The molecule has 0 aliphatic carbocycles. The molecule has 5 nitrogen and oxygen atoms in total. The van der Waals surface area contributed by atoms with Crippen molar-refractivity contribution in [1.29, 1.82) is 0 Å². The van der Waals surface area contributed by atoms with Gasteiger partial charge in [-0.25, -0.2) is 0 Å². The highest BCUT2D eigenvalue weighted by Crippen LogP contribution is 2.15. The number of likely N-dealkylation sites (tertiary alicyclic amines) is 1. The molecule has 3 N–H and O–H groups in total. The number of aliphatic carboxylic acids is 1. The summed E-state index contributed by atoms with van der Waals surface area (Å²) in [6.45, 7) is 2.25. The van der Waals surface area contributed by atoms with Crippen LogP contribution < -0.4 is 5.73 Å². The van der Waals surface area contributed by atoms with Crippen LogP contribution in [-0.4, -0.2) is 41.0 Å². The fourth-order valence-electron chi connectivity index (χ4n) is 1.52. The van der Waals surface area contributed by atoms with Crippen LogP contribution in [-0.2, 0) is 9.59 Å². The SMILES string of the molecule is CC(=O)N1CC[C@@H](N)[C@@H](C(=O)O)C1. The summed E-state index contributed by atoms with van der Waals surface area (Å²) < 4.78 is 0. The van der Waals surface area contributed by atoms with Crippen molar-refractivity contribution >= 4 is 11.9 Å². The molecule has 0 radical (unpaired) electrons. The van der Waals surface area contributed by atoms with Gasteiger partial charge in [0.25, 0.3) is 0 Å². The minimum Gasteiger partial charge on any atom is -0.481 e. The Balaban J connectivity index is 2.63. The van der Waals surface area contributed by atoms with Crippen LogP contribution in [0, 0.1) is 5.92 Å². The first kappa shape index (κ1) is 9.98. The predicted molar refractivity (Wildman–Crippen MR) is 46.0 cm³/mol. The van der Waals surface area contributed by atoms with Crippen LogP contribution in [0.1, 0.15) is 13.3 Å². The molecule has 0 saturated carbocycles. The lowest BCUT2D eigenvalue weighted by Crippen LogP contribution is -2.51. The highest BCUT2D eigenvalue weighted by atomic mass is 16.4. The lowest BCUT2D eigenvalue weighted by Gasteiger charge is -2.33. The van der Waals surface area contributed by atoms with E-state index in [1.807, 2.05) is 0 Å². The van der Waals surface area contributed by atoms with Crippen molar-refractivity contribution in [1.82, 2.24) is 4.90 Å². The van der Waals surface area contributed by atoms with Gasteiger partial charge in [0.15, 0.2) is 0 Å². The van der Waals surface area contributed by atoms with Crippen molar-refractivity contribution in [2.75, 3.05) is 13.1 Å². The molecule has 2 atom stereocenters. The Morgan fingerprint density at radius 3 is 2.62 bits per heavy atom. The summed E-state index contributed by atoms with van der Waals surface area (Å²) in [7, 11) is 0. The monoisotopic (exact) mass is 186 g/mol. The summed E-state index contributed by atoms with van der Waals surface area (Å²) >= 11 is 0. The molecule has 0 aromatic rings. The van der Waals surface area contributed by atoms with E-state index >= 15 is 0 Å². The molecule has 1 amide bonds. The van der Waals surface area contributed by atoms with Crippen molar-refractivity contribution in [3.8, 4) is 0 Å². The van der Waals surface area contributed by atoms with Gasteiger partial charge in [-0.1, -0.05) is 0 Å². The number of nitrogens with two attached hydrogens (primary N) is 1. The zero-order valence-corrected chi connectivity index (χ0v) is 7.56. The van der Waals surface area contributed by atoms with Crippen LogP contribution in [0.25, 0.3) is 0 Å². The van der Waals surface area contributed by atoms with E-state index in [-0.39, 0.29) is 18.5 Å². The molecule has 0 unspecified atom stereocenters. The Hall–Kier alpha value is -1.10. The molecule has 1 heterocycles. The van der Waals surface area contributed by atoms with Gasteiger partial charge >= 0.3 is 5.97 Å². The highest BCUT2D eigenvalue weighted by Gasteiger charge is 2.32. The number of rotatable bonds is 1. The number of nitrogens with zero attached hydrogens (tertiary/aromatic N) is 1. The van der Waals surface area contributed by atoms with E-state index in [0.717, 1.165) is 0 Å². The normalized spacial score (nSPS) is 28.6. The fourth-order valence-corrected chi connectivity index (χ4v) is 1.52. The molecular formula is C8H14N2O3. The van der Waals surface area contributed by atoms with Gasteiger partial charge in [0, 0.05) is 26.1 Å². The molecule has 1 fully saturated rings. The van der Waals surface area contributed by atoms with Crippen molar-refractivity contribution in [2.24, 2.45) is 11.7 Å². The molecule has 1 saturated heterocycles. The fraction of sp³-hybridized carbons (Fsp3) is 0.750. The van der Waals surface area contributed by atoms with Gasteiger partial charge < -0.3 is 15.7 Å². The average Bonchev–Trinajstić information content (AvgIpc) is 2.04. The lowest BCUT2D eigenvalue weighted by molar-refractivity contribution is -0.146. The number of carbonyl (C=O) groups excluding carboxylic acids is 1. The zero-order chi connectivity index (χ0) is 10.0. The molecule has 1 rings (SSSR count). The average molecular weight is 186 g/mol. The summed E-state index contributed by atoms with van der Waals surface area (Å²) in [4.78, 5) is 23.2. The van der Waals surface area contributed by atoms with Crippen molar-refractivity contribution in [3.05, 3.63) is 0 Å². The van der Waals surface area contributed by atoms with E-state index in [1.54, 1.807) is 0 Å². The lowest BCUT2D eigenvalue weighted by atomic mass is 9.93. The second-order valence-corrected chi connectivity index (χ2v) is 3.36. The molecule has 0 spiro atoms. The topological polar surface area (TPSA) is 83.6 Å². The van der Waals surface area contributed by atoms with Crippen molar-refractivity contribution < 1.29 is 14.7 Å². The molecule has 13 heavy (non-hydrogen) atoms. The molecule has 1 aliphatic rings. The number of carboxylic acids is 1. The van der Waals surface area contributed by atoms with E-state index < -0.39 is 11.9 Å². The maximum atomic E-state index is 11.0. The number of hydrogen-bond acceptors (Lipinski definition) is 3. The maximum Gasteiger partial charge on any atom is 0.309 e. The summed E-state index contributed by atoms with van der Waals surface area (Å²) in [5.41, 5.74) is 5.62. The number of hydrogen-bond donors (Lipinski definition) is 2. The number of carboxylic acid groups (broad SMARTS) is 1. The van der Waals surface area contributed by atoms with Gasteiger partial charge in [-0.05, 0) is 6.42 Å². The molecule has 0 aromatic heterocycles. The molecule has 5 heteroatoms. The predicted octanol–water partition coefficient (Wildman–Crippen LogP) is -0.733. The second kappa shape index (κ2) is 3.74. The maximum absolute atomic E-state index is 11.0. The standard InChI is InChI=1S/C8H14N2O3/c1-5(11)10-3-2-7(9)6(4-10)8(12)13/h6-7H,2-4,9H2,1H3,(H,12,13)/t6-,7+/m0/s1. The van der Waals surface area contributed by atoms with Crippen LogP contribution in [0.15, 0.2) is 0 Å². The van der Waals surface area contributed by atoms with E-state index in [1.165, 1.54) is 11.8 Å². The van der Waals surface area contributed by atoms with E-state index in [2.05, 4.69) is 0 Å². The smallest absolute Gasteiger partial charge is 0.309 e. The van der Waals surface area contributed by atoms with Crippen LogP contribution in [0.2, 0.25) is 0 Å². The van der Waals surface area contributed by atoms with Gasteiger partial charge in [0.1, 0.15) is 0 Å². The number of piperidine rings is 1. The first-order chi connectivity index (χ1) is 6.02. The second-order valence-electron chi connectivity index (χ2n) is 3.36. The third kappa shape index (κ3) is 2.18. The Bertz CT molecular complexity index is 229. The van der Waals surface area contributed by atoms with Crippen LogP contribution >= 0.6 is 0 Å². The van der Waals surface area contributed by atoms with E-state index in [0.29, 0.717) is 13.0 Å². The van der Waals surface area contributed by atoms with Gasteiger partial charge in [0.2, 0.25) is 5.91 Å². The molecule has 0 bridgehead atoms. The summed E-state index contributed by atoms with van der Waals surface area (Å²) in [6, 6.07) is -0.326. The highest BCUT2D eigenvalue weighted by molar-refractivity contribution is 5.76. The minimum absolute atomic E-state index is 0.0850. The summed E-state index contributed by atoms with van der Waals surface area (Å²) in [5.74, 6) is -1.62. The Labute approximate surface area is 76.5 Å². The summed E-state index contributed by atoms with van der Waals surface area (Å²) in [5, 5.41) is 8.79. The van der Waals surface area contributed by atoms with Gasteiger partial charge in [-0.3, -0.25) is 9.59 Å². The Morgan fingerprint density at radius 1 is 1.54 bits per heavy atom. The van der Waals surface area contributed by atoms with Crippen LogP contribution in [0.5, 0.6) is 0 Å². The van der Waals surface area contributed by atoms with E-state index in [4.69, 9.17) is 10.8 Å².